The maximum Gasteiger partial charge on any atom is 0.573 e. The van der Waals surface area contributed by atoms with Crippen LogP contribution in [0.4, 0.5) is 13.2 Å². The van der Waals surface area contributed by atoms with E-state index in [4.69, 9.17) is 4.74 Å². The van der Waals surface area contributed by atoms with Crippen LogP contribution in [0.15, 0.2) is 18.2 Å². The van der Waals surface area contributed by atoms with E-state index in [9.17, 15) is 18.0 Å². The molecule has 0 unspecified atom stereocenters. The largest absolute Gasteiger partial charge is 0.573 e. The topological polar surface area (TPSA) is 35.5 Å². The van der Waals surface area contributed by atoms with E-state index in [0.29, 0.717) is 0 Å². The summed E-state index contributed by atoms with van der Waals surface area (Å²) in [5.41, 5.74) is -0.170. The van der Waals surface area contributed by atoms with Crippen molar-refractivity contribution < 1.29 is 27.4 Å². The third-order valence-corrected chi connectivity index (χ3v) is 1.80. The molecular weight excluding hydrogens is 225 g/mol. The molecule has 3 nitrogen and oxygen atoms in total. The molecule has 0 spiro atoms. The Morgan fingerprint density at radius 2 is 1.94 bits per heavy atom. The van der Waals surface area contributed by atoms with E-state index >= 15 is 0 Å². The zero-order chi connectivity index (χ0) is 12.3. The van der Waals surface area contributed by atoms with Gasteiger partial charge in [-0.3, -0.25) is 4.79 Å². The van der Waals surface area contributed by atoms with E-state index < -0.39 is 17.9 Å². The predicted octanol–water partition coefficient (Wildman–Crippen LogP) is 2.80. The smallest absolute Gasteiger partial charge is 0.493 e. The standard InChI is InChI=1S/C10H9F3O3/c1-6(14)7-4-3-5-8(15-2)9(7)16-10(11,12)13/h3-5H,1-2H3. The van der Waals surface area contributed by atoms with Crippen LogP contribution < -0.4 is 9.47 Å². The second-order valence-corrected chi connectivity index (χ2v) is 2.94. The molecule has 0 fully saturated rings. The lowest BCUT2D eigenvalue weighted by Gasteiger charge is -2.14. The molecule has 1 aromatic carbocycles. The second kappa shape index (κ2) is 4.42. The van der Waals surface area contributed by atoms with Crippen molar-refractivity contribution in [2.24, 2.45) is 0 Å². The van der Waals surface area contributed by atoms with E-state index in [2.05, 4.69) is 4.74 Å². The van der Waals surface area contributed by atoms with Crippen molar-refractivity contribution in [2.75, 3.05) is 7.11 Å². The Morgan fingerprint density at radius 3 is 2.38 bits per heavy atom. The first kappa shape index (κ1) is 12.4. The SMILES string of the molecule is COc1cccc(C(C)=O)c1OC(F)(F)F. The fourth-order valence-corrected chi connectivity index (χ4v) is 1.17. The Balaban J connectivity index is 3.25. The van der Waals surface area contributed by atoms with Gasteiger partial charge in [0.1, 0.15) is 0 Å². The molecule has 0 bridgehead atoms. The van der Waals surface area contributed by atoms with Gasteiger partial charge in [0.15, 0.2) is 17.3 Å². The van der Waals surface area contributed by atoms with Crippen LogP contribution in [0.3, 0.4) is 0 Å². The number of hydrogen-bond donors (Lipinski definition) is 0. The summed E-state index contributed by atoms with van der Waals surface area (Å²) in [6.45, 7) is 1.15. The number of alkyl halides is 3. The number of benzene rings is 1. The number of carbonyl (C=O) groups excluding carboxylic acids is 1. The highest BCUT2D eigenvalue weighted by Gasteiger charge is 2.34. The molecule has 0 saturated carbocycles. The summed E-state index contributed by atoms with van der Waals surface area (Å²) in [6, 6.07) is 3.94. The molecule has 0 aliphatic heterocycles. The minimum Gasteiger partial charge on any atom is -0.493 e. The van der Waals surface area contributed by atoms with Gasteiger partial charge in [-0.1, -0.05) is 6.07 Å². The van der Waals surface area contributed by atoms with Crippen LogP contribution in [-0.2, 0) is 0 Å². The first-order valence-electron chi connectivity index (χ1n) is 4.29. The molecular formula is C10H9F3O3. The molecule has 0 radical (unpaired) electrons. The molecule has 1 aromatic rings. The summed E-state index contributed by atoms with van der Waals surface area (Å²) in [5, 5.41) is 0. The fourth-order valence-electron chi connectivity index (χ4n) is 1.17. The molecule has 88 valence electrons. The van der Waals surface area contributed by atoms with Gasteiger partial charge in [0, 0.05) is 0 Å². The van der Waals surface area contributed by atoms with E-state index in [0.717, 1.165) is 6.92 Å². The lowest BCUT2D eigenvalue weighted by Crippen LogP contribution is -2.19. The van der Waals surface area contributed by atoms with Gasteiger partial charge in [0.2, 0.25) is 0 Å². The highest BCUT2D eigenvalue weighted by molar-refractivity contribution is 5.97. The number of Topliss-reactive ketones (excluding diaryl/α,β-unsaturated/α-hetero) is 1. The number of methoxy groups -OCH3 is 1. The number of carbonyl (C=O) groups is 1. The van der Waals surface area contributed by atoms with Crippen molar-refractivity contribution in [1.29, 1.82) is 0 Å². The lowest BCUT2D eigenvalue weighted by molar-refractivity contribution is -0.275. The van der Waals surface area contributed by atoms with Crippen molar-refractivity contribution in [1.82, 2.24) is 0 Å². The van der Waals surface area contributed by atoms with Crippen LogP contribution in [0.5, 0.6) is 11.5 Å². The molecule has 0 aliphatic carbocycles. The highest BCUT2D eigenvalue weighted by atomic mass is 19.4. The zero-order valence-electron chi connectivity index (χ0n) is 8.59. The fraction of sp³-hybridized carbons (Fsp3) is 0.300. The molecule has 0 N–H and O–H groups in total. The van der Waals surface area contributed by atoms with Crippen LogP contribution >= 0.6 is 0 Å². The van der Waals surface area contributed by atoms with Crippen LogP contribution in [0.2, 0.25) is 0 Å². The molecule has 0 aliphatic rings. The van der Waals surface area contributed by atoms with E-state index in [1.54, 1.807) is 0 Å². The lowest BCUT2D eigenvalue weighted by atomic mass is 10.1. The Labute approximate surface area is 89.8 Å². The Bertz CT molecular complexity index is 399. The van der Waals surface area contributed by atoms with E-state index in [1.807, 2.05) is 0 Å². The molecule has 16 heavy (non-hydrogen) atoms. The number of ether oxygens (including phenoxy) is 2. The minimum absolute atomic E-state index is 0.134. The van der Waals surface area contributed by atoms with Gasteiger partial charge < -0.3 is 9.47 Å². The summed E-state index contributed by atoms with van der Waals surface area (Å²) in [5.74, 6) is -1.27. The molecule has 0 saturated heterocycles. The molecule has 0 amide bonds. The van der Waals surface area contributed by atoms with Crippen molar-refractivity contribution in [2.45, 2.75) is 13.3 Å². The first-order chi connectivity index (χ1) is 7.35. The van der Waals surface area contributed by atoms with Crippen molar-refractivity contribution in [3.63, 3.8) is 0 Å². The number of para-hydroxylation sites is 1. The number of hydrogen-bond acceptors (Lipinski definition) is 3. The third kappa shape index (κ3) is 2.88. The number of ketones is 1. The van der Waals surface area contributed by atoms with Crippen LogP contribution in [0.1, 0.15) is 17.3 Å². The first-order valence-corrected chi connectivity index (χ1v) is 4.29. The zero-order valence-corrected chi connectivity index (χ0v) is 8.59. The molecule has 0 aromatic heterocycles. The van der Waals surface area contributed by atoms with Gasteiger partial charge >= 0.3 is 6.36 Å². The van der Waals surface area contributed by atoms with Crippen molar-refractivity contribution >= 4 is 5.78 Å². The number of halogens is 3. The van der Waals surface area contributed by atoms with Crippen LogP contribution in [0, 0.1) is 0 Å². The van der Waals surface area contributed by atoms with Gasteiger partial charge in [0.05, 0.1) is 12.7 Å². The van der Waals surface area contributed by atoms with E-state index in [-0.39, 0.29) is 11.3 Å². The van der Waals surface area contributed by atoms with Gasteiger partial charge in [-0.25, -0.2) is 0 Å². The predicted molar refractivity (Wildman–Crippen MR) is 49.7 cm³/mol. The maximum atomic E-state index is 12.1. The van der Waals surface area contributed by atoms with E-state index in [1.165, 1.54) is 25.3 Å². The second-order valence-electron chi connectivity index (χ2n) is 2.94. The van der Waals surface area contributed by atoms with Crippen molar-refractivity contribution in [3.05, 3.63) is 23.8 Å². The molecule has 0 atom stereocenters. The van der Waals surface area contributed by atoms with Gasteiger partial charge in [-0.2, -0.15) is 0 Å². The van der Waals surface area contributed by atoms with Gasteiger partial charge in [-0.05, 0) is 19.1 Å². The Kier molecular flexibility index (Phi) is 3.41. The van der Waals surface area contributed by atoms with Crippen molar-refractivity contribution in [3.8, 4) is 11.5 Å². The molecule has 1 rings (SSSR count). The summed E-state index contributed by atoms with van der Waals surface area (Å²) in [4.78, 5) is 11.1. The summed E-state index contributed by atoms with van der Waals surface area (Å²) >= 11 is 0. The average Bonchev–Trinajstić information content (AvgIpc) is 2.15. The summed E-state index contributed by atoms with van der Waals surface area (Å²) in [6.07, 6.45) is -4.86. The highest BCUT2D eigenvalue weighted by Crippen LogP contribution is 2.35. The summed E-state index contributed by atoms with van der Waals surface area (Å²) < 4.78 is 44.8. The summed E-state index contributed by atoms with van der Waals surface area (Å²) in [7, 11) is 1.20. The normalized spacial score (nSPS) is 11.1. The minimum atomic E-state index is -4.86. The monoisotopic (exact) mass is 234 g/mol. The number of rotatable bonds is 3. The quantitative estimate of drug-likeness (QED) is 0.754. The van der Waals surface area contributed by atoms with Crippen LogP contribution in [-0.4, -0.2) is 19.3 Å². The Morgan fingerprint density at radius 1 is 1.31 bits per heavy atom. The van der Waals surface area contributed by atoms with Gasteiger partial charge in [0.25, 0.3) is 0 Å². The van der Waals surface area contributed by atoms with Crippen LogP contribution in [0.25, 0.3) is 0 Å². The maximum absolute atomic E-state index is 12.1. The average molecular weight is 234 g/mol. The van der Waals surface area contributed by atoms with Gasteiger partial charge in [-0.15, -0.1) is 13.2 Å². The third-order valence-electron chi connectivity index (χ3n) is 1.80. The Hall–Kier alpha value is -1.72. The molecule has 0 heterocycles. The molecule has 6 heteroatoms.